The smallest absolute Gasteiger partial charge is 0.101 e. The van der Waals surface area contributed by atoms with E-state index in [-0.39, 0.29) is 11.0 Å². The van der Waals surface area contributed by atoms with Gasteiger partial charge >= 0.3 is 0 Å². The largest absolute Gasteiger partial charge is 0.386 e. The van der Waals surface area contributed by atoms with Gasteiger partial charge < -0.3 is 20.5 Å². The van der Waals surface area contributed by atoms with Crippen molar-refractivity contribution in [2.75, 3.05) is 25.0 Å². The molecule has 3 N–H and O–H groups in total. The first-order chi connectivity index (χ1) is 19.5. The molecule has 0 amide bonds. The Morgan fingerprint density at radius 2 is 1.90 bits per heavy atom. The van der Waals surface area contributed by atoms with Crippen molar-refractivity contribution in [2.45, 2.75) is 99.1 Å². The molecule has 1 saturated heterocycles. The molecule has 2 aliphatic rings. The van der Waals surface area contributed by atoms with Crippen LogP contribution in [-0.2, 0) is 0 Å². The molecule has 5 heteroatoms. The number of nitrogens with one attached hydrogen (secondary N) is 3. The second-order valence-corrected chi connectivity index (χ2v) is 12.9. The van der Waals surface area contributed by atoms with Crippen LogP contribution in [0.4, 0.5) is 5.69 Å². The number of nitrogens with zero attached hydrogens (tertiary/aromatic N) is 2. The van der Waals surface area contributed by atoms with Crippen LogP contribution in [0.3, 0.4) is 0 Å². The van der Waals surface area contributed by atoms with E-state index < -0.39 is 0 Å². The van der Waals surface area contributed by atoms with Crippen molar-refractivity contribution in [2.24, 2.45) is 5.41 Å². The van der Waals surface area contributed by atoms with Gasteiger partial charge in [-0.3, -0.25) is 0 Å². The summed E-state index contributed by atoms with van der Waals surface area (Å²) in [4.78, 5) is 5.90. The molecule has 222 valence electrons. The summed E-state index contributed by atoms with van der Waals surface area (Å²) in [6.07, 6.45) is 14.0. The number of piperidine rings is 1. The van der Waals surface area contributed by atoms with Crippen molar-refractivity contribution >= 4 is 23.4 Å². The first-order valence-electron chi connectivity index (χ1n) is 15.5. The fraction of sp³-hybridized carbons (Fsp3) is 0.528. The van der Waals surface area contributed by atoms with E-state index in [1.54, 1.807) is 0 Å². The van der Waals surface area contributed by atoms with Gasteiger partial charge in [-0.05, 0) is 81.6 Å². The Bertz CT molecular complexity index is 1370. The van der Waals surface area contributed by atoms with E-state index in [4.69, 9.17) is 0 Å². The summed E-state index contributed by atoms with van der Waals surface area (Å²) in [5.74, 6) is 0. The normalized spacial score (nSPS) is 19.5. The van der Waals surface area contributed by atoms with Crippen molar-refractivity contribution < 1.29 is 0 Å². The number of likely N-dealkylation sites (tertiary alicyclic amines) is 1. The van der Waals surface area contributed by atoms with Crippen LogP contribution in [0.25, 0.3) is 17.7 Å². The quantitative estimate of drug-likeness (QED) is 0.316. The zero-order chi connectivity index (χ0) is 30.2. The van der Waals surface area contributed by atoms with Crippen molar-refractivity contribution in [1.82, 2.24) is 15.2 Å². The van der Waals surface area contributed by atoms with Gasteiger partial charge in [0, 0.05) is 53.7 Å². The number of rotatable bonds is 9. The van der Waals surface area contributed by atoms with Gasteiger partial charge in [0.2, 0.25) is 0 Å². The Balaban J connectivity index is 0.00000226. The number of anilines is 1. The maximum Gasteiger partial charge on any atom is 0.101 e. The van der Waals surface area contributed by atoms with Gasteiger partial charge in [-0.15, -0.1) is 0 Å². The van der Waals surface area contributed by atoms with Gasteiger partial charge in [0.05, 0.1) is 16.8 Å². The Hall–Kier alpha value is -3.23. The Kier molecular flexibility index (Phi) is 11.1. The summed E-state index contributed by atoms with van der Waals surface area (Å²) in [5, 5.41) is 19.9. The lowest BCUT2D eigenvalue weighted by Gasteiger charge is -2.35. The molecule has 1 aliphatic carbocycles. The van der Waals surface area contributed by atoms with Crippen LogP contribution in [0.15, 0.2) is 42.7 Å². The van der Waals surface area contributed by atoms with Crippen LogP contribution in [0, 0.1) is 23.7 Å². The monoisotopic (exact) mass is 555 g/mol. The Labute approximate surface area is 249 Å². The number of benzene rings is 1. The first kappa shape index (κ1) is 32.3. The third-order valence-electron chi connectivity index (χ3n) is 8.35. The Morgan fingerprint density at radius 1 is 1.20 bits per heavy atom. The molecule has 5 nitrogen and oxygen atoms in total. The molecule has 1 aromatic heterocycles. The van der Waals surface area contributed by atoms with Gasteiger partial charge in [0.15, 0.2) is 0 Å². The summed E-state index contributed by atoms with van der Waals surface area (Å²) in [6, 6.07) is 9.11. The van der Waals surface area contributed by atoms with Gasteiger partial charge in [-0.1, -0.05) is 65.5 Å². The molecule has 1 aromatic carbocycles. The van der Waals surface area contributed by atoms with E-state index in [9.17, 15) is 5.26 Å². The van der Waals surface area contributed by atoms with E-state index >= 15 is 0 Å². The van der Waals surface area contributed by atoms with Crippen molar-refractivity contribution in [1.29, 1.82) is 5.26 Å². The molecule has 2 heterocycles. The van der Waals surface area contributed by atoms with Gasteiger partial charge in [-0.2, -0.15) is 5.26 Å². The lowest BCUT2D eigenvalue weighted by Crippen LogP contribution is -2.44. The van der Waals surface area contributed by atoms with Gasteiger partial charge in [0.25, 0.3) is 0 Å². The minimum atomic E-state index is -0.256. The zero-order valence-corrected chi connectivity index (χ0v) is 26.9. The van der Waals surface area contributed by atoms with Crippen LogP contribution in [0.2, 0.25) is 0 Å². The standard InChI is InChI=1S/C34H47N5.C2H6/c1-24-11-12-27(23-35)32(38-34(7)17-13-31-30(26(34)3)14-18-36-31)29(24)10-8-9-19-39-20-15-28(16-21-39)37-25(2)22-33(4,5)6;1-2/h8,10-14,18,28,36-38H,2,9,15-17,19-22H2,1,3-7H3;1-2H3/b10-8+;. The lowest BCUT2D eigenvalue weighted by molar-refractivity contribution is 0.204. The highest BCUT2D eigenvalue weighted by molar-refractivity contribution is 5.78. The second-order valence-electron chi connectivity index (χ2n) is 12.9. The average molecular weight is 556 g/mol. The third-order valence-corrected chi connectivity index (χ3v) is 8.35. The fourth-order valence-electron chi connectivity index (χ4n) is 5.96. The molecule has 0 bridgehead atoms. The molecular formula is C36H53N5. The highest BCUT2D eigenvalue weighted by atomic mass is 15.1. The topological polar surface area (TPSA) is 66.9 Å². The van der Waals surface area contributed by atoms with Crippen molar-refractivity contribution in [3.63, 3.8) is 0 Å². The molecular weight excluding hydrogens is 502 g/mol. The number of allylic oxidation sites excluding steroid dienone is 1. The lowest BCUT2D eigenvalue weighted by atomic mass is 9.84. The summed E-state index contributed by atoms with van der Waals surface area (Å²) in [5.41, 5.74) is 6.40. The van der Waals surface area contributed by atoms with Crippen LogP contribution >= 0.6 is 0 Å². The minimum Gasteiger partial charge on any atom is -0.386 e. The van der Waals surface area contributed by atoms with Crippen molar-refractivity contribution in [3.05, 3.63) is 70.0 Å². The summed E-state index contributed by atoms with van der Waals surface area (Å²) in [6.45, 7) is 24.9. The minimum absolute atomic E-state index is 0.256. The number of nitriles is 1. The number of hydrogen-bond donors (Lipinski definition) is 3. The maximum atomic E-state index is 9.96. The molecule has 0 spiro atoms. The first-order valence-corrected chi connectivity index (χ1v) is 15.5. The predicted octanol–water partition coefficient (Wildman–Crippen LogP) is 6.85. The molecule has 1 fully saturated rings. The third kappa shape index (κ3) is 8.39. The van der Waals surface area contributed by atoms with E-state index in [2.05, 4.69) is 105 Å². The maximum absolute atomic E-state index is 9.96. The molecule has 1 unspecified atom stereocenters. The molecule has 0 saturated carbocycles. The summed E-state index contributed by atoms with van der Waals surface area (Å²) in [7, 11) is 0. The van der Waals surface area contributed by atoms with E-state index in [1.807, 2.05) is 26.1 Å². The zero-order valence-electron chi connectivity index (χ0n) is 26.9. The highest BCUT2D eigenvalue weighted by Crippen LogP contribution is 2.34. The van der Waals surface area contributed by atoms with Crippen LogP contribution in [-0.4, -0.2) is 41.1 Å². The summed E-state index contributed by atoms with van der Waals surface area (Å²) >= 11 is 0. The molecule has 0 radical (unpaired) electrons. The van der Waals surface area contributed by atoms with Crippen LogP contribution < -0.4 is 21.2 Å². The van der Waals surface area contributed by atoms with Gasteiger partial charge in [-0.25, -0.2) is 0 Å². The van der Waals surface area contributed by atoms with Crippen molar-refractivity contribution in [3.8, 4) is 6.07 Å². The van der Waals surface area contributed by atoms with E-state index in [0.717, 1.165) is 50.1 Å². The van der Waals surface area contributed by atoms with Crippen LogP contribution in [0.1, 0.15) is 97.3 Å². The predicted molar refractivity (Wildman–Crippen MR) is 177 cm³/mol. The molecule has 4 rings (SSSR count). The van der Waals surface area contributed by atoms with E-state index in [0.29, 0.717) is 11.6 Å². The SMILES string of the molecule is C=C(CC(C)(C)C)NC1CCN(CC/C=C/c2c(C)ccc(C#N)c2NC2(C)CC=c3[nH]ccc3=C2C)CC1.CC. The molecule has 41 heavy (non-hydrogen) atoms. The van der Waals surface area contributed by atoms with Crippen LogP contribution in [0.5, 0.6) is 0 Å². The number of fused-ring (bicyclic) bond motifs is 1. The number of aromatic amines is 1. The van der Waals surface area contributed by atoms with E-state index in [1.165, 1.54) is 40.2 Å². The van der Waals surface area contributed by atoms with Gasteiger partial charge in [0.1, 0.15) is 6.07 Å². The Morgan fingerprint density at radius 3 is 2.56 bits per heavy atom. The fourth-order valence-corrected chi connectivity index (χ4v) is 5.96. The molecule has 2 aromatic rings. The molecule has 1 aliphatic heterocycles. The number of aromatic nitrogens is 1. The number of H-pyrrole nitrogens is 1. The number of hydrogen-bond acceptors (Lipinski definition) is 4. The number of aryl methyl sites for hydroxylation is 1. The highest BCUT2D eigenvalue weighted by Gasteiger charge is 2.30. The average Bonchev–Trinajstić information content (AvgIpc) is 3.41. The second kappa shape index (κ2) is 14.1. The summed E-state index contributed by atoms with van der Waals surface area (Å²) < 4.78 is 0. The molecule has 1 atom stereocenters.